The van der Waals surface area contributed by atoms with Gasteiger partial charge in [-0.25, -0.2) is 0 Å². The van der Waals surface area contributed by atoms with Gasteiger partial charge in [-0.05, 0) is 54.6 Å². The normalized spacial score (nSPS) is 26.3. The summed E-state index contributed by atoms with van der Waals surface area (Å²) >= 11 is 0. The average molecular weight is 316 g/mol. The van der Waals surface area contributed by atoms with E-state index >= 15 is 0 Å². The van der Waals surface area contributed by atoms with Gasteiger partial charge < -0.3 is 15.3 Å². The maximum atomic E-state index is 9.97. The van der Waals surface area contributed by atoms with E-state index in [9.17, 15) is 5.11 Å². The summed E-state index contributed by atoms with van der Waals surface area (Å²) in [6.07, 6.45) is 5.23. The lowest BCUT2D eigenvalue weighted by Crippen LogP contribution is -2.44. The van der Waals surface area contributed by atoms with Gasteiger partial charge in [0.2, 0.25) is 0 Å². The Morgan fingerprint density at radius 1 is 1.04 bits per heavy atom. The van der Waals surface area contributed by atoms with Crippen molar-refractivity contribution in [2.45, 2.75) is 52.4 Å². The molecule has 2 aliphatic rings. The molecule has 1 saturated carbocycles. The number of nitrogens with zero attached hydrogens (tertiary/aromatic N) is 1. The molecule has 0 amide bonds. The van der Waals surface area contributed by atoms with Crippen LogP contribution in [0.25, 0.3) is 0 Å². The number of phenolic OH excluding ortho intramolecular Hbond substituents is 1. The molecule has 2 fully saturated rings. The molecule has 0 unspecified atom stereocenters. The van der Waals surface area contributed by atoms with Gasteiger partial charge >= 0.3 is 0 Å². The van der Waals surface area contributed by atoms with E-state index in [1.165, 1.54) is 36.9 Å². The van der Waals surface area contributed by atoms with Crippen LogP contribution in [-0.4, -0.2) is 31.3 Å². The fourth-order valence-electron chi connectivity index (χ4n) is 4.33. The Morgan fingerprint density at radius 3 is 2.30 bits per heavy atom. The maximum absolute atomic E-state index is 9.97. The van der Waals surface area contributed by atoms with Crippen molar-refractivity contribution in [3.63, 3.8) is 0 Å². The van der Waals surface area contributed by atoms with E-state index in [0.717, 1.165) is 32.1 Å². The predicted octanol–water partition coefficient (Wildman–Crippen LogP) is 4.12. The highest BCUT2D eigenvalue weighted by molar-refractivity contribution is 5.59. The second kappa shape index (κ2) is 6.72. The third kappa shape index (κ3) is 3.82. The van der Waals surface area contributed by atoms with Crippen LogP contribution in [0.3, 0.4) is 0 Å². The Hall–Kier alpha value is -1.22. The lowest BCUT2D eigenvalue weighted by atomic mass is 9.68. The topological polar surface area (TPSA) is 35.5 Å². The Kier molecular flexibility index (Phi) is 4.86. The van der Waals surface area contributed by atoms with Gasteiger partial charge in [0.15, 0.2) is 0 Å². The number of rotatable bonds is 2. The summed E-state index contributed by atoms with van der Waals surface area (Å²) in [5.74, 6) is 1.89. The van der Waals surface area contributed by atoms with Crippen molar-refractivity contribution < 1.29 is 5.11 Å². The summed E-state index contributed by atoms with van der Waals surface area (Å²) < 4.78 is 0. The fourth-order valence-corrected chi connectivity index (χ4v) is 4.33. The molecule has 3 nitrogen and oxygen atoms in total. The molecule has 1 aromatic carbocycles. The van der Waals surface area contributed by atoms with E-state index in [2.05, 4.69) is 37.1 Å². The second-order valence-electron chi connectivity index (χ2n) is 8.39. The fraction of sp³-hybridized carbons (Fsp3) is 0.700. The largest absolute Gasteiger partial charge is 0.508 e. The minimum absolute atomic E-state index is 0.394. The number of hydrogen-bond acceptors (Lipinski definition) is 3. The molecule has 0 bridgehead atoms. The molecule has 0 radical (unpaired) electrons. The third-order valence-electron chi connectivity index (χ3n) is 5.86. The van der Waals surface area contributed by atoms with E-state index in [-0.39, 0.29) is 0 Å². The van der Waals surface area contributed by atoms with E-state index in [4.69, 9.17) is 0 Å². The summed E-state index contributed by atoms with van der Waals surface area (Å²) in [5, 5.41) is 13.4. The quantitative estimate of drug-likeness (QED) is 0.861. The predicted molar refractivity (Wildman–Crippen MR) is 97.3 cm³/mol. The first-order chi connectivity index (χ1) is 10.9. The second-order valence-corrected chi connectivity index (χ2v) is 8.39. The molecule has 1 heterocycles. The van der Waals surface area contributed by atoms with Gasteiger partial charge in [-0.15, -0.1) is 0 Å². The Balaban J connectivity index is 1.77. The molecule has 128 valence electrons. The summed E-state index contributed by atoms with van der Waals surface area (Å²) in [6, 6.07) is 6.03. The van der Waals surface area contributed by atoms with Gasteiger partial charge in [0.25, 0.3) is 0 Å². The van der Waals surface area contributed by atoms with Crippen LogP contribution in [0.2, 0.25) is 0 Å². The lowest BCUT2D eigenvalue weighted by molar-refractivity contribution is 0.169. The molecule has 3 rings (SSSR count). The van der Waals surface area contributed by atoms with E-state index in [0.29, 0.717) is 17.1 Å². The van der Waals surface area contributed by atoms with Gasteiger partial charge in [-0.1, -0.05) is 26.8 Å². The van der Waals surface area contributed by atoms with E-state index < -0.39 is 0 Å². The van der Waals surface area contributed by atoms with Crippen molar-refractivity contribution in [3.8, 4) is 5.75 Å². The number of piperazine rings is 1. The van der Waals surface area contributed by atoms with Crippen molar-refractivity contribution in [1.82, 2.24) is 5.32 Å². The smallest absolute Gasteiger partial charge is 0.117 e. The maximum Gasteiger partial charge on any atom is 0.117 e. The van der Waals surface area contributed by atoms with Gasteiger partial charge in [-0.2, -0.15) is 0 Å². The van der Waals surface area contributed by atoms with E-state index in [1.807, 2.05) is 12.1 Å². The first-order valence-corrected chi connectivity index (χ1v) is 9.24. The zero-order chi connectivity index (χ0) is 16.4. The lowest BCUT2D eigenvalue weighted by Gasteiger charge is -2.39. The van der Waals surface area contributed by atoms with Crippen molar-refractivity contribution >= 4 is 5.69 Å². The van der Waals surface area contributed by atoms with Crippen LogP contribution in [0.15, 0.2) is 18.2 Å². The Morgan fingerprint density at radius 2 is 1.70 bits per heavy atom. The van der Waals surface area contributed by atoms with Crippen LogP contribution in [0.5, 0.6) is 5.75 Å². The van der Waals surface area contributed by atoms with Gasteiger partial charge in [0.1, 0.15) is 5.75 Å². The molecule has 3 heteroatoms. The van der Waals surface area contributed by atoms with Crippen LogP contribution >= 0.6 is 0 Å². The van der Waals surface area contributed by atoms with Crippen molar-refractivity contribution in [2.75, 3.05) is 31.1 Å². The third-order valence-corrected chi connectivity index (χ3v) is 5.86. The highest BCUT2D eigenvalue weighted by Crippen LogP contribution is 2.45. The van der Waals surface area contributed by atoms with Crippen LogP contribution in [0.4, 0.5) is 5.69 Å². The molecule has 23 heavy (non-hydrogen) atoms. The summed E-state index contributed by atoms with van der Waals surface area (Å²) in [6.45, 7) is 11.3. The first kappa shape index (κ1) is 16.6. The zero-order valence-electron chi connectivity index (χ0n) is 14.9. The highest BCUT2D eigenvalue weighted by Gasteiger charge is 2.31. The summed E-state index contributed by atoms with van der Waals surface area (Å²) in [5.41, 5.74) is 3.16. The van der Waals surface area contributed by atoms with Crippen LogP contribution < -0.4 is 10.2 Å². The molecular weight excluding hydrogens is 284 g/mol. The number of nitrogens with one attached hydrogen (secondary N) is 1. The monoisotopic (exact) mass is 316 g/mol. The Labute approximate surface area is 141 Å². The van der Waals surface area contributed by atoms with Gasteiger partial charge in [0.05, 0.1) is 0 Å². The molecule has 1 aromatic rings. The van der Waals surface area contributed by atoms with Gasteiger partial charge in [0, 0.05) is 37.9 Å². The van der Waals surface area contributed by atoms with Crippen molar-refractivity contribution in [2.24, 2.45) is 11.3 Å². The van der Waals surface area contributed by atoms with Gasteiger partial charge in [-0.3, -0.25) is 0 Å². The SMILES string of the molecule is CC(C)(C)C1CCC(c2ccc(O)cc2N2CCNCC2)CC1. The molecule has 0 atom stereocenters. The van der Waals surface area contributed by atoms with Crippen LogP contribution in [0, 0.1) is 11.3 Å². The minimum Gasteiger partial charge on any atom is -0.508 e. The number of hydrogen-bond donors (Lipinski definition) is 2. The van der Waals surface area contributed by atoms with Crippen molar-refractivity contribution in [1.29, 1.82) is 0 Å². The molecular formula is C20H32N2O. The molecule has 1 aliphatic heterocycles. The summed E-state index contributed by atoms with van der Waals surface area (Å²) in [7, 11) is 0. The number of anilines is 1. The molecule has 0 spiro atoms. The summed E-state index contributed by atoms with van der Waals surface area (Å²) in [4.78, 5) is 2.45. The van der Waals surface area contributed by atoms with Crippen LogP contribution in [0.1, 0.15) is 57.9 Å². The Bertz CT molecular complexity index is 521. The van der Waals surface area contributed by atoms with Crippen LogP contribution in [-0.2, 0) is 0 Å². The highest BCUT2D eigenvalue weighted by atomic mass is 16.3. The molecule has 1 aliphatic carbocycles. The average Bonchev–Trinajstić information content (AvgIpc) is 2.55. The van der Waals surface area contributed by atoms with Crippen molar-refractivity contribution in [3.05, 3.63) is 23.8 Å². The van der Waals surface area contributed by atoms with E-state index in [1.54, 1.807) is 0 Å². The zero-order valence-corrected chi connectivity index (χ0v) is 14.9. The molecule has 0 aromatic heterocycles. The number of aromatic hydroxyl groups is 1. The first-order valence-electron chi connectivity index (χ1n) is 9.24. The number of benzene rings is 1. The molecule has 2 N–H and O–H groups in total. The minimum atomic E-state index is 0.394. The molecule has 1 saturated heterocycles. The number of phenols is 1. The standard InChI is InChI=1S/C20H32N2O/c1-20(2,3)16-6-4-15(5-7-16)18-9-8-17(23)14-19(18)22-12-10-21-11-13-22/h8-9,14-16,21,23H,4-7,10-13H2,1-3H3.